The molecule has 0 aliphatic carbocycles. The summed E-state index contributed by atoms with van der Waals surface area (Å²) >= 11 is 0. The number of hydrogen-bond donors (Lipinski definition) is 10. The number of carbonyl (C=O) groups excluding carboxylic acids is 3. The summed E-state index contributed by atoms with van der Waals surface area (Å²) in [7, 11) is 0. The van der Waals surface area contributed by atoms with E-state index >= 15 is 0 Å². The molecule has 0 aromatic heterocycles. The molecule has 0 fully saturated rings. The molecule has 0 saturated carbocycles. The number of aliphatic hydroxyl groups excluding tert-OH is 8. The smallest absolute Gasteiger partial charge is 0.230 e. The summed E-state index contributed by atoms with van der Waals surface area (Å²) in [5.41, 5.74) is -2.91. The van der Waals surface area contributed by atoms with E-state index in [-0.39, 0.29) is 6.29 Å². The van der Waals surface area contributed by atoms with Crippen molar-refractivity contribution in [2.24, 2.45) is 0 Å². The molecule has 0 aliphatic rings. The number of nitrogens with one attached hydrogen (secondary N) is 1. The molecule has 7 atom stereocenters. The van der Waals surface area contributed by atoms with Gasteiger partial charge in [0.25, 0.3) is 0 Å². The van der Waals surface area contributed by atoms with Crippen molar-refractivity contribution in [2.75, 3.05) is 13.2 Å². The zero-order chi connectivity index (χ0) is 21.4. The summed E-state index contributed by atoms with van der Waals surface area (Å²) in [6.07, 6.45) is -14.4. The van der Waals surface area contributed by atoms with Crippen LogP contribution in [0.4, 0.5) is 0 Å². The molecule has 13 nitrogen and oxygen atoms in total. The summed E-state index contributed by atoms with van der Waals surface area (Å²) in [5.74, 6) is -2.50. The summed E-state index contributed by atoms with van der Waals surface area (Å²) < 4.78 is 0. The molecule has 158 valence electrons. The molecule has 0 heterocycles. The first-order valence-electron chi connectivity index (χ1n) is 7.75. The van der Waals surface area contributed by atoms with Crippen LogP contribution in [0.1, 0.15) is 12.8 Å². The van der Waals surface area contributed by atoms with Gasteiger partial charge in [0.05, 0.1) is 32.2 Å². The molecule has 27 heavy (non-hydrogen) atoms. The Labute approximate surface area is 153 Å². The third kappa shape index (κ3) is 7.53. The Bertz CT molecular complexity index is 502. The minimum Gasteiger partial charge on any atom is -0.394 e. The molecule has 10 N–H and O–H groups in total. The fourth-order valence-corrected chi connectivity index (χ4v) is 2.01. The zero-order valence-corrected chi connectivity index (χ0v) is 14.1. The molecule has 0 unspecified atom stereocenters. The lowest BCUT2D eigenvalue weighted by Crippen LogP contribution is -2.56. The van der Waals surface area contributed by atoms with Crippen LogP contribution >= 0.6 is 0 Å². The van der Waals surface area contributed by atoms with Gasteiger partial charge in [-0.25, -0.2) is 0 Å². The summed E-state index contributed by atoms with van der Waals surface area (Å²) in [6.45, 7) is -1.91. The Hall–Kier alpha value is -1.55. The highest BCUT2D eigenvalue weighted by Crippen LogP contribution is 2.18. The normalized spacial score (nSPS) is 20.5. The van der Waals surface area contributed by atoms with E-state index in [1.165, 1.54) is 0 Å². The summed E-state index contributed by atoms with van der Waals surface area (Å²) in [5, 5.41) is 85.4. The molecule has 0 spiro atoms. The molecule has 0 radical (unpaired) electrons. The Balaban J connectivity index is 4.85. The summed E-state index contributed by atoms with van der Waals surface area (Å²) in [6, 6.07) is 0. The first kappa shape index (κ1) is 25.4. The van der Waals surface area contributed by atoms with Gasteiger partial charge in [-0.2, -0.15) is 0 Å². The first-order chi connectivity index (χ1) is 12.4. The van der Waals surface area contributed by atoms with Crippen molar-refractivity contribution < 1.29 is 60.3 Å². The number of carbonyl (C=O) groups is 3. The second-order valence-electron chi connectivity index (χ2n) is 5.95. The highest BCUT2D eigenvalue weighted by atomic mass is 16.4. The van der Waals surface area contributed by atoms with Gasteiger partial charge in [0.15, 0.2) is 11.9 Å². The van der Waals surface area contributed by atoms with Crippen LogP contribution in [-0.2, 0) is 14.4 Å². The van der Waals surface area contributed by atoms with E-state index in [0.717, 1.165) is 0 Å². The molecule has 0 aromatic carbocycles. The largest absolute Gasteiger partial charge is 0.394 e. The van der Waals surface area contributed by atoms with E-state index in [1.807, 2.05) is 0 Å². The maximum absolute atomic E-state index is 11.7. The predicted octanol–water partition coefficient (Wildman–Crippen LogP) is -6.51. The SMILES string of the molecule is O=C[C@](O)(CC(=O)NC(=O)C[C@@H](O)[C@@H](O)[C@H](O)CO)[C@@H](O)[C@@H](O)[C@H](O)CO. The van der Waals surface area contributed by atoms with Crippen LogP contribution in [0.3, 0.4) is 0 Å². The first-order valence-corrected chi connectivity index (χ1v) is 7.75. The van der Waals surface area contributed by atoms with Crippen LogP contribution in [0.2, 0.25) is 0 Å². The topological polar surface area (TPSA) is 245 Å². The van der Waals surface area contributed by atoms with Crippen LogP contribution in [0.5, 0.6) is 0 Å². The molecule has 13 heteroatoms. The van der Waals surface area contributed by atoms with Crippen LogP contribution in [0, 0.1) is 0 Å². The molecule has 0 aliphatic heterocycles. The van der Waals surface area contributed by atoms with Gasteiger partial charge in [-0.3, -0.25) is 14.9 Å². The predicted molar refractivity (Wildman–Crippen MR) is 83.6 cm³/mol. The number of aliphatic hydroxyl groups is 9. The lowest BCUT2D eigenvalue weighted by molar-refractivity contribution is -0.170. The fourth-order valence-electron chi connectivity index (χ4n) is 2.01. The van der Waals surface area contributed by atoms with Gasteiger partial charge < -0.3 is 50.8 Å². The van der Waals surface area contributed by atoms with Gasteiger partial charge in [-0.05, 0) is 0 Å². The quantitative estimate of drug-likeness (QED) is 0.138. The minimum absolute atomic E-state index is 0.300. The average molecular weight is 399 g/mol. The maximum Gasteiger partial charge on any atom is 0.230 e. The molecule has 2 amide bonds. The van der Waals surface area contributed by atoms with Crippen LogP contribution in [0.15, 0.2) is 0 Å². The van der Waals surface area contributed by atoms with Gasteiger partial charge in [0, 0.05) is 0 Å². The lowest BCUT2D eigenvalue weighted by Gasteiger charge is -2.32. The maximum atomic E-state index is 11.7. The molecule has 0 saturated heterocycles. The molecular formula is C14H25NO12. The number of rotatable bonds is 12. The van der Waals surface area contributed by atoms with Gasteiger partial charge in [0.1, 0.15) is 30.5 Å². The molecule has 0 aromatic rings. The van der Waals surface area contributed by atoms with Gasteiger partial charge in [-0.15, -0.1) is 0 Å². The van der Waals surface area contributed by atoms with Crippen molar-refractivity contribution in [3.63, 3.8) is 0 Å². The van der Waals surface area contributed by atoms with E-state index in [1.54, 1.807) is 5.32 Å². The van der Waals surface area contributed by atoms with Gasteiger partial charge >= 0.3 is 0 Å². The lowest BCUT2D eigenvalue weighted by atomic mass is 9.88. The Morgan fingerprint density at radius 1 is 0.852 bits per heavy atom. The van der Waals surface area contributed by atoms with Crippen LogP contribution in [0.25, 0.3) is 0 Å². The van der Waals surface area contributed by atoms with E-state index in [4.69, 9.17) is 15.3 Å². The van der Waals surface area contributed by atoms with Crippen molar-refractivity contribution >= 4 is 18.1 Å². The second-order valence-corrected chi connectivity index (χ2v) is 5.95. The Kier molecular flexibility index (Phi) is 10.7. The zero-order valence-electron chi connectivity index (χ0n) is 14.1. The number of aldehydes is 1. The van der Waals surface area contributed by atoms with Gasteiger partial charge in [-0.1, -0.05) is 0 Å². The molecule has 0 bridgehead atoms. The number of hydrogen-bond acceptors (Lipinski definition) is 12. The van der Waals surface area contributed by atoms with Crippen molar-refractivity contribution in [1.29, 1.82) is 0 Å². The second kappa shape index (κ2) is 11.3. The summed E-state index contributed by atoms with van der Waals surface area (Å²) in [4.78, 5) is 34.4. The monoisotopic (exact) mass is 399 g/mol. The fraction of sp³-hybridized carbons (Fsp3) is 0.786. The molecular weight excluding hydrogens is 374 g/mol. The van der Waals surface area contributed by atoms with Crippen LogP contribution < -0.4 is 5.32 Å². The average Bonchev–Trinajstić information content (AvgIpc) is 2.63. The third-order valence-electron chi connectivity index (χ3n) is 3.71. The van der Waals surface area contributed by atoms with Crippen LogP contribution in [-0.4, -0.2) is 119 Å². The minimum atomic E-state index is -2.91. The van der Waals surface area contributed by atoms with Crippen molar-refractivity contribution in [3.05, 3.63) is 0 Å². The van der Waals surface area contributed by atoms with E-state index < -0.39 is 80.1 Å². The highest BCUT2D eigenvalue weighted by molar-refractivity contribution is 5.97. The molecule has 0 rings (SSSR count). The van der Waals surface area contributed by atoms with E-state index in [0.29, 0.717) is 0 Å². The van der Waals surface area contributed by atoms with E-state index in [9.17, 15) is 45.0 Å². The van der Waals surface area contributed by atoms with Gasteiger partial charge in [0.2, 0.25) is 11.8 Å². The van der Waals surface area contributed by atoms with Crippen molar-refractivity contribution in [3.8, 4) is 0 Å². The highest BCUT2D eigenvalue weighted by Gasteiger charge is 2.44. The Morgan fingerprint density at radius 3 is 1.78 bits per heavy atom. The number of amides is 2. The van der Waals surface area contributed by atoms with E-state index in [2.05, 4.69) is 0 Å². The van der Waals surface area contributed by atoms with Crippen molar-refractivity contribution in [2.45, 2.75) is 55.1 Å². The Morgan fingerprint density at radius 2 is 1.33 bits per heavy atom. The van der Waals surface area contributed by atoms with Crippen molar-refractivity contribution in [1.82, 2.24) is 5.32 Å². The third-order valence-corrected chi connectivity index (χ3v) is 3.71. The standard InChI is InChI=1S/C14H25NO12/c16-3-7(20)11(24)6(19)1-9(22)15-10(23)2-14(27,5-18)13(26)12(25)8(21)4-17/h5-8,11-13,16-17,19-21,24-27H,1-4H2,(H,15,22,23)/t6-,7-,8-,11-,12+,13+,14-/m1/s1. The number of imide groups is 1.